The topological polar surface area (TPSA) is 46.8 Å². The molecule has 1 saturated heterocycles. The number of pyridine rings is 1. The number of ether oxygens (including phenoxy) is 1. The van der Waals surface area contributed by atoms with Gasteiger partial charge in [0.15, 0.2) is 5.69 Å². The third-order valence-corrected chi connectivity index (χ3v) is 4.90. The van der Waals surface area contributed by atoms with Gasteiger partial charge in [0.05, 0.1) is 13.2 Å². The van der Waals surface area contributed by atoms with E-state index in [9.17, 15) is 9.18 Å². The highest BCUT2D eigenvalue weighted by atomic mass is 19.1. The Hall–Kier alpha value is -2.89. The molecule has 1 unspecified atom stereocenters. The number of hydrogen-bond donors (Lipinski definition) is 0. The van der Waals surface area contributed by atoms with Crippen molar-refractivity contribution >= 4 is 11.6 Å². The number of carbonyl (C=O) groups excluding carboxylic acids is 1. The molecule has 26 heavy (non-hydrogen) atoms. The summed E-state index contributed by atoms with van der Waals surface area (Å²) in [6, 6.07) is 11.2. The van der Waals surface area contributed by atoms with Gasteiger partial charge in [-0.15, -0.1) is 0 Å². The van der Waals surface area contributed by atoms with Gasteiger partial charge in [-0.05, 0) is 49.1 Å². The molecular weight excluding hydrogens is 333 g/mol. The molecule has 2 aromatic heterocycles. The van der Waals surface area contributed by atoms with Crippen LogP contribution in [0.15, 0.2) is 42.6 Å². The van der Waals surface area contributed by atoms with Crippen LogP contribution in [-0.4, -0.2) is 33.8 Å². The molecule has 0 N–H and O–H groups in total. The fourth-order valence-corrected chi connectivity index (χ4v) is 3.60. The average Bonchev–Trinajstić information content (AvgIpc) is 3.27. The van der Waals surface area contributed by atoms with E-state index in [0.29, 0.717) is 12.2 Å². The predicted molar refractivity (Wildman–Crippen MR) is 95.9 cm³/mol. The monoisotopic (exact) mass is 353 g/mol. The van der Waals surface area contributed by atoms with Gasteiger partial charge >= 0.3 is 0 Å². The van der Waals surface area contributed by atoms with Crippen LogP contribution in [0.25, 0.3) is 5.65 Å². The smallest absolute Gasteiger partial charge is 0.277 e. The van der Waals surface area contributed by atoms with Gasteiger partial charge in [-0.1, -0.05) is 18.2 Å². The number of halogens is 1. The summed E-state index contributed by atoms with van der Waals surface area (Å²) in [5, 5.41) is 0. The van der Waals surface area contributed by atoms with Crippen LogP contribution in [0, 0.1) is 12.9 Å². The Bertz CT molecular complexity index is 982. The molecule has 1 aliphatic rings. The number of aromatic nitrogens is 2. The fourth-order valence-electron chi connectivity index (χ4n) is 3.60. The van der Waals surface area contributed by atoms with Gasteiger partial charge in [-0.2, -0.15) is 4.39 Å². The Morgan fingerprint density at radius 3 is 2.96 bits per heavy atom. The number of methoxy groups -OCH3 is 1. The van der Waals surface area contributed by atoms with Crippen molar-refractivity contribution in [1.82, 2.24) is 14.3 Å². The van der Waals surface area contributed by atoms with Crippen LogP contribution < -0.4 is 4.74 Å². The van der Waals surface area contributed by atoms with E-state index >= 15 is 0 Å². The number of nitrogens with zero attached hydrogens (tertiary/aromatic N) is 3. The molecule has 3 heterocycles. The van der Waals surface area contributed by atoms with Gasteiger partial charge in [-0.3, -0.25) is 9.20 Å². The number of aryl methyl sites for hydroxylation is 1. The van der Waals surface area contributed by atoms with Crippen LogP contribution in [0.3, 0.4) is 0 Å². The molecule has 0 saturated carbocycles. The maximum Gasteiger partial charge on any atom is 0.277 e. The molecular formula is C20H20FN3O2. The van der Waals surface area contributed by atoms with E-state index in [2.05, 4.69) is 4.98 Å². The summed E-state index contributed by atoms with van der Waals surface area (Å²) in [7, 11) is 1.62. The zero-order valence-electron chi connectivity index (χ0n) is 14.8. The van der Waals surface area contributed by atoms with E-state index in [1.54, 1.807) is 24.3 Å². The molecule has 0 aliphatic carbocycles. The van der Waals surface area contributed by atoms with Crippen molar-refractivity contribution in [2.75, 3.05) is 13.7 Å². The molecule has 1 atom stereocenters. The molecule has 4 rings (SSSR count). The molecule has 1 aromatic carbocycles. The summed E-state index contributed by atoms with van der Waals surface area (Å²) in [6.45, 7) is 2.46. The number of imidazole rings is 1. The van der Waals surface area contributed by atoms with Gasteiger partial charge in [-0.25, -0.2) is 4.98 Å². The summed E-state index contributed by atoms with van der Waals surface area (Å²) >= 11 is 0. The summed E-state index contributed by atoms with van der Waals surface area (Å²) in [5.74, 6) is -0.227. The van der Waals surface area contributed by atoms with Crippen molar-refractivity contribution in [3.8, 4) is 5.75 Å². The molecule has 0 radical (unpaired) electrons. The number of carbonyl (C=O) groups is 1. The first-order valence-electron chi connectivity index (χ1n) is 8.67. The minimum absolute atomic E-state index is 0.0939. The lowest BCUT2D eigenvalue weighted by Crippen LogP contribution is -2.31. The minimum atomic E-state index is -0.606. The first-order valence-corrected chi connectivity index (χ1v) is 8.67. The fraction of sp³-hybridized carbons (Fsp3) is 0.300. The molecule has 1 amide bonds. The Kier molecular flexibility index (Phi) is 4.11. The standard InChI is InChI=1S/C20H20FN3O2/c1-13-8-9-17-22-18(19(21)24(17)12-13)20(25)23-10-4-7-16(23)14-5-3-6-15(11-14)26-2/h3,5-6,8-9,11-12,16H,4,7,10H2,1-2H3. The number of likely N-dealkylation sites (tertiary alicyclic amines) is 1. The van der Waals surface area contributed by atoms with Crippen molar-refractivity contribution in [2.45, 2.75) is 25.8 Å². The maximum atomic E-state index is 14.8. The van der Waals surface area contributed by atoms with Gasteiger partial charge < -0.3 is 9.64 Å². The highest BCUT2D eigenvalue weighted by Crippen LogP contribution is 2.34. The summed E-state index contributed by atoms with van der Waals surface area (Å²) in [5.41, 5.74) is 2.22. The first kappa shape index (κ1) is 16.6. The number of amides is 1. The van der Waals surface area contributed by atoms with Crippen molar-refractivity contribution in [1.29, 1.82) is 0 Å². The summed E-state index contributed by atoms with van der Waals surface area (Å²) in [6.07, 6.45) is 3.37. The Morgan fingerprint density at radius 2 is 2.15 bits per heavy atom. The van der Waals surface area contributed by atoms with Crippen molar-refractivity contribution in [2.24, 2.45) is 0 Å². The highest BCUT2D eigenvalue weighted by Gasteiger charge is 2.34. The van der Waals surface area contributed by atoms with Crippen molar-refractivity contribution < 1.29 is 13.9 Å². The zero-order valence-corrected chi connectivity index (χ0v) is 14.8. The molecule has 6 heteroatoms. The molecule has 1 fully saturated rings. The van der Waals surface area contributed by atoms with E-state index in [4.69, 9.17) is 4.74 Å². The summed E-state index contributed by atoms with van der Waals surface area (Å²) in [4.78, 5) is 19.0. The Labute approximate surface area is 151 Å². The third-order valence-electron chi connectivity index (χ3n) is 4.90. The lowest BCUT2D eigenvalue weighted by Gasteiger charge is -2.24. The van der Waals surface area contributed by atoms with E-state index in [1.807, 2.05) is 37.3 Å². The molecule has 1 aliphatic heterocycles. The van der Waals surface area contributed by atoms with Crippen LogP contribution in [0.4, 0.5) is 4.39 Å². The van der Waals surface area contributed by atoms with Gasteiger partial charge in [0.1, 0.15) is 11.4 Å². The van der Waals surface area contributed by atoms with Crippen molar-refractivity contribution in [3.05, 3.63) is 65.4 Å². The maximum absolute atomic E-state index is 14.8. The van der Waals surface area contributed by atoms with Crippen LogP contribution in [0.2, 0.25) is 0 Å². The van der Waals surface area contributed by atoms with E-state index < -0.39 is 5.95 Å². The van der Waals surface area contributed by atoms with E-state index in [-0.39, 0.29) is 17.6 Å². The van der Waals surface area contributed by atoms with E-state index in [0.717, 1.165) is 29.7 Å². The van der Waals surface area contributed by atoms with Crippen LogP contribution in [0.5, 0.6) is 5.75 Å². The second-order valence-electron chi connectivity index (χ2n) is 6.62. The molecule has 5 nitrogen and oxygen atoms in total. The first-order chi connectivity index (χ1) is 12.6. The van der Waals surface area contributed by atoms with Crippen LogP contribution >= 0.6 is 0 Å². The van der Waals surface area contributed by atoms with Crippen LogP contribution in [-0.2, 0) is 0 Å². The molecule has 0 spiro atoms. The normalized spacial score (nSPS) is 17.0. The number of benzene rings is 1. The zero-order chi connectivity index (χ0) is 18.3. The number of rotatable bonds is 3. The second kappa shape index (κ2) is 6.44. The highest BCUT2D eigenvalue weighted by molar-refractivity contribution is 5.93. The SMILES string of the molecule is COc1cccc(C2CCCN2C(=O)c2nc3ccc(C)cn3c2F)c1. The third kappa shape index (κ3) is 2.71. The molecule has 3 aromatic rings. The van der Waals surface area contributed by atoms with Gasteiger partial charge in [0, 0.05) is 12.7 Å². The number of hydrogen-bond acceptors (Lipinski definition) is 3. The van der Waals surface area contributed by atoms with Gasteiger partial charge in [0.2, 0.25) is 5.95 Å². The number of fused-ring (bicyclic) bond motifs is 1. The average molecular weight is 353 g/mol. The second-order valence-corrected chi connectivity index (χ2v) is 6.62. The van der Waals surface area contributed by atoms with E-state index in [1.165, 1.54) is 4.40 Å². The molecule has 0 bridgehead atoms. The Balaban J connectivity index is 1.70. The summed E-state index contributed by atoms with van der Waals surface area (Å²) < 4.78 is 21.4. The minimum Gasteiger partial charge on any atom is -0.497 e. The largest absolute Gasteiger partial charge is 0.497 e. The van der Waals surface area contributed by atoms with Crippen LogP contribution in [0.1, 0.15) is 40.5 Å². The predicted octanol–water partition coefficient (Wildman–Crippen LogP) is 3.77. The van der Waals surface area contributed by atoms with Gasteiger partial charge in [0.25, 0.3) is 5.91 Å². The lowest BCUT2D eigenvalue weighted by atomic mass is 10.0. The Morgan fingerprint density at radius 1 is 1.31 bits per heavy atom. The van der Waals surface area contributed by atoms with Crippen molar-refractivity contribution in [3.63, 3.8) is 0 Å². The quantitative estimate of drug-likeness (QED) is 0.720. The molecule has 134 valence electrons. The lowest BCUT2D eigenvalue weighted by molar-refractivity contribution is 0.0724.